The van der Waals surface area contributed by atoms with Crippen molar-refractivity contribution in [1.29, 1.82) is 0 Å². The zero-order chi connectivity index (χ0) is 13.5. The summed E-state index contributed by atoms with van der Waals surface area (Å²) in [5.41, 5.74) is 0.0434. The molecule has 18 heavy (non-hydrogen) atoms. The Labute approximate surface area is 122 Å². The molecule has 0 saturated heterocycles. The molecule has 0 amide bonds. The van der Waals surface area contributed by atoms with Gasteiger partial charge in [0.2, 0.25) is 5.97 Å². The van der Waals surface area contributed by atoms with Crippen molar-refractivity contribution in [2.75, 3.05) is 6.61 Å². The molecule has 0 unspecified atom stereocenters. The van der Waals surface area contributed by atoms with Gasteiger partial charge in [-0.15, -0.1) is 5.57 Å². The molecule has 4 nitrogen and oxygen atoms in total. The van der Waals surface area contributed by atoms with Crippen LogP contribution in [0.1, 0.15) is 40.5 Å². The largest absolute Gasteiger partial charge is 2.00 e. The van der Waals surface area contributed by atoms with Crippen molar-refractivity contribution in [3.8, 4) is 0 Å². The Balaban J connectivity index is 0. The number of esters is 1. The minimum atomic E-state index is -1.01. The van der Waals surface area contributed by atoms with Gasteiger partial charge in [0.25, 0.3) is 0 Å². The second kappa shape index (κ2) is 9.15. The van der Waals surface area contributed by atoms with Crippen LogP contribution in [0.25, 0.3) is 0 Å². The van der Waals surface area contributed by atoms with Crippen LogP contribution in [0.5, 0.6) is 0 Å². The molecule has 1 rings (SSSR count). The molecule has 0 saturated carbocycles. The first-order valence-corrected chi connectivity index (χ1v) is 5.71. The van der Waals surface area contributed by atoms with E-state index in [1.54, 1.807) is 20.8 Å². The van der Waals surface area contributed by atoms with Crippen LogP contribution in [-0.4, -0.2) is 18.5 Å². The molecule has 0 aliphatic heterocycles. The first kappa shape index (κ1) is 19.5. The summed E-state index contributed by atoms with van der Waals surface area (Å²) in [5, 5.41) is 9.91. The summed E-state index contributed by atoms with van der Waals surface area (Å²) in [5.74, 6) is -1.19. The first-order valence-electron chi connectivity index (χ1n) is 5.71. The monoisotopic (exact) mass is 304 g/mol. The number of carbonyl (C=O) groups is 2. The van der Waals surface area contributed by atoms with Crippen molar-refractivity contribution in [2.45, 2.75) is 40.5 Å². The summed E-state index contributed by atoms with van der Waals surface area (Å²) in [6.45, 7) is 7.07. The number of aliphatic carboxylic acids is 1. The summed E-state index contributed by atoms with van der Waals surface area (Å²) in [6, 6.07) is 0. The summed E-state index contributed by atoms with van der Waals surface area (Å²) in [7, 11) is 0. The summed E-state index contributed by atoms with van der Waals surface area (Å²) in [4.78, 5) is 20.8. The van der Waals surface area contributed by atoms with Gasteiger partial charge in [-0.05, 0) is 6.92 Å². The number of carboxylic acids is 1. The van der Waals surface area contributed by atoms with Crippen LogP contribution < -0.4 is 5.11 Å². The molecule has 1 aliphatic rings. The summed E-state index contributed by atoms with van der Waals surface area (Å²) >= 11 is 0. The van der Waals surface area contributed by atoms with Gasteiger partial charge in [-0.2, -0.15) is 12.5 Å². The molecular weight excluding hydrogens is 286 g/mol. The molecule has 0 fully saturated rings. The zero-order valence-corrected chi connectivity index (χ0v) is 14.6. The fourth-order valence-electron chi connectivity index (χ4n) is 0.942. The number of hydrogen-bond acceptors (Lipinski definition) is 4. The van der Waals surface area contributed by atoms with Crippen LogP contribution >= 0.6 is 0 Å². The molecule has 0 aromatic heterocycles. The second-order valence-electron chi connectivity index (χ2n) is 4.70. The first-order chi connectivity index (χ1) is 7.79. The molecule has 1 aliphatic carbocycles. The van der Waals surface area contributed by atoms with E-state index in [9.17, 15) is 14.7 Å². The maximum absolute atomic E-state index is 10.9. The van der Waals surface area contributed by atoms with Crippen LogP contribution in [0.15, 0.2) is 11.6 Å². The molecule has 5 heteroatoms. The van der Waals surface area contributed by atoms with Crippen LogP contribution in [0.3, 0.4) is 0 Å². The Morgan fingerprint density at radius 3 is 2.22 bits per heavy atom. The van der Waals surface area contributed by atoms with Crippen molar-refractivity contribution in [2.24, 2.45) is 5.41 Å². The minimum Gasteiger partial charge on any atom is -0.550 e. The van der Waals surface area contributed by atoms with Crippen molar-refractivity contribution >= 4 is 11.9 Å². The van der Waals surface area contributed by atoms with Crippen molar-refractivity contribution in [1.82, 2.24) is 0 Å². The second-order valence-corrected chi connectivity index (χ2v) is 4.70. The van der Waals surface area contributed by atoms with Gasteiger partial charge < -0.3 is 19.4 Å². The van der Waals surface area contributed by atoms with Crippen LogP contribution in [-0.2, 0) is 33.8 Å². The Bertz CT molecular complexity index is 303. The third-order valence-electron chi connectivity index (χ3n) is 2.02. The van der Waals surface area contributed by atoms with E-state index in [0.29, 0.717) is 6.61 Å². The van der Waals surface area contributed by atoms with E-state index < -0.39 is 11.4 Å². The molecular formula is C13H20O4Zn. The molecule has 0 aromatic carbocycles. The Kier molecular flexibility index (Phi) is 9.92. The van der Waals surface area contributed by atoms with E-state index in [-0.39, 0.29) is 25.4 Å². The predicted octanol–water partition coefficient (Wildman–Crippen LogP) is 1.25. The molecule has 0 heterocycles. The van der Waals surface area contributed by atoms with E-state index in [2.05, 4.69) is 0 Å². The smallest absolute Gasteiger partial charge is 0.550 e. The molecule has 0 bridgehead atoms. The van der Waals surface area contributed by atoms with Crippen molar-refractivity contribution < 1.29 is 38.9 Å². The van der Waals surface area contributed by atoms with Crippen molar-refractivity contribution in [3.63, 3.8) is 0 Å². The number of rotatable bonds is 2. The number of ether oxygens (including phenoxy) is 1. The van der Waals surface area contributed by atoms with E-state index in [1.807, 2.05) is 19.4 Å². The van der Waals surface area contributed by atoms with Gasteiger partial charge in [0.05, 0.1) is 6.61 Å². The minimum absolute atomic E-state index is 0. The van der Waals surface area contributed by atoms with Gasteiger partial charge in [-0.25, -0.2) is 0 Å². The summed E-state index contributed by atoms with van der Waals surface area (Å²) < 4.78 is 4.79. The molecule has 0 atom stereocenters. The van der Waals surface area contributed by atoms with Crippen LogP contribution in [0.4, 0.5) is 0 Å². The average molecular weight is 306 g/mol. The van der Waals surface area contributed by atoms with Gasteiger partial charge in [-0.3, -0.25) is 0 Å². The Hall–Kier alpha value is -0.827. The SMILES string of the molecule is CC(C)(C)C(=O)[O-].CCOC(=O)C1=CCC[CH-]1.[Zn+2]. The molecule has 0 radical (unpaired) electrons. The van der Waals surface area contributed by atoms with E-state index in [1.165, 1.54) is 0 Å². The molecule has 0 N–H and O–H groups in total. The molecule has 0 aromatic rings. The predicted molar refractivity (Wildman–Crippen MR) is 62.7 cm³/mol. The molecule has 0 spiro atoms. The van der Waals surface area contributed by atoms with Gasteiger partial charge in [0.15, 0.2) is 0 Å². The quantitative estimate of drug-likeness (QED) is 0.437. The van der Waals surface area contributed by atoms with Crippen molar-refractivity contribution in [3.05, 3.63) is 18.1 Å². The average Bonchev–Trinajstić information content (AvgIpc) is 2.70. The van der Waals surface area contributed by atoms with Crippen LogP contribution in [0, 0.1) is 11.8 Å². The molecule has 98 valence electrons. The third kappa shape index (κ3) is 8.29. The van der Waals surface area contributed by atoms with E-state index in [4.69, 9.17) is 4.74 Å². The topological polar surface area (TPSA) is 66.4 Å². The summed E-state index contributed by atoms with van der Waals surface area (Å²) in [6.07, 6.45) is 5.79. The number of hydrogen-bond donors (Lipinski definition) is 0. The van der Waals surface area contributed by atoms with E-state index >= 15 is 0 Å². The fourth-order valence-corrected chi connectivity index (χ4v) is 0.942. The van der Waals surface area contributed by atoms with Gasteiger partial charge in [-0.1, -0.05) is 33.6 Å². The van der Waals surface area contributed by atoms with Gasteiger partial charge >= 0.3 is 19.5 Å². The third-order valence-corrected chi connectivity index (χ3v) is 2.02. The van der Waals surface area contributed by atoms with Gasteiger partial charge in [0.1, 0.15) is 0 Å². The standard InChI is InChI=1S/C8H11O2.C5H10O2.Zn/c1-2-10-8(9)7-5-3-4-6-7;1-5(2,3)4(6)7;/h5-6H,2-4H2,1H3;1-3H3,(H,6,7);/q-1;;+2/p-1. The number of carbonyl (C=O) groups excluding carboxylic acids is 2. The maximum atomic E-state index is 10.9. The van der Waals surface area contributed by atoms with Crippen LogP contribution in [0.2, 0.25) is 0 Å². The maximum Gasteiger partial charge on any atom is 2.00 e. The number of carboxylic acid groups (broad SMARTS) is 1. The van der Waals surface area contributed by atoms with E-state index in [0.717, 1.165) is 18.4 Å². The normalized spacial score (nSPS) is 13.2. The number of allylic oxidation sites excluding steroid dienone is 1. The Morgan fingerprint density at radius 2 is 1.94 bits per heavy atom. The van der Waals surface area contributed by atoms with Gasteiger partial charge in [0, 0.05) is 11.4 Å². The fraction of sp³-hybridized carbons (Fsp3) is 0.615. The Morgan fingerprint density at radius 1 is 1.44 bits per heavy atom. The zero-order valence-electron chi connectivity index (χ0n) is 11.6.